The zero-order valence-electron chi connectivity index (χ0n) is 21.0. The van der Waals surface area contributed by atoms with Crippen LogP contribution in [0.2, 0.25) is 9.26 Å². The molecule has 2 rings (SSSR count). The van der Waals surface area contributed by atoms with Gasteiger partial charge < -0.3 is 0 Å². The molecule has 0 saturated carbocycles. The van der Waals surface area contributed by atoms with E-state index in [2.05, 4.69) is 69.8 Å². The third-order valence-corrected chi connectivity index (χ3v) is 23.7. The van der Waals surface area contributed by atoms with Gasteiger partial charge in [0, 0.05) is 0 Å². The van der Waals surface area contributed by atoms with Crippen molar-refractivity contribution in [2.24, 2.45) is 11.8 Å². The van der Waals surface area contributed by atoms with Gasteiger partial charge in [0.05, 0.1) is 0 Å². The van der Waals surface area contributed by atoms with Crippen LogP contribution in [0.4, 0.5) is 0 Å². The standard InChI is InChI=1S/2C12H19.2CH3.2ClH.H2Si.Zr/c2*1-4-5-11-6-7-12(9-11)8-10(2)3;;;;;;/h2*9-10H,4-5,7-8H2,1-3H3;2*1H3;2*1H;1H2;. The molecule has 0 atom stereocenters. The van der Waals surface area contributed by atoms with Crippen molar-refractivity contribution in [2.75, 3.05) is 0 Å². The van der Waals surface area contributed by atoms with Gasteiger partial charge in [-0.3, -0.25) is 0 Å². The van der Waals surface area contributed by atoms with E-state index in [0.29, 0.717) is 0 Å². The van der Waals surface area contributed by atoms with Gasteiger partial charge in [0.25, 0.3) is 0 Å². The van der Waals surface area contributed by atoms with Crippen LogP contribution in [0.3, 0.4) is 0 Å². The molecule has 0 bridgehead atoms. The van der Waals surface area contributed by atoms with Crippen LogP contribution in [0.25, 0.3) is 0 Å². The maximum Gasteiger partial charge on any atom is -0.147 e. The minimum Gasteiger partial charge on any atom is -0.147 e. The molecule has 0 fully saturated rings. The van der Waals surface area contributed by atoms with Crippen molar-refractivity contribution in [1.82, 2.24) is 0 Å². The fourth-order valence-corrected chi connectivity index (χ4v) is 20.5. The third kappa shape index (κ3) is 7.33. The van der Waals surface area contributed by atoms with Crippen LogP contribution >= 0.6 is 24.8 Å². The van der Waals surface area contributed by atoms with E-state index in [1.54, 1.807) is 22.3 Å². The first-order chi connectivity index (χ1) is 13.0. The summed E-state index contributed by atoms with van der Waals surface area (Å²) >= 11 is -3.12. The van der Waals surface area contributed by atoms with Gasteiger partial charge in [-0.1, -0.05) is 0 Å². The Balaban J connectivity index is 0.00000420. The Kier molecular flexibility index (Phi) is 12.5. The second-order valence-corrected chi connectivity index (χ2v) is 40.1. The number of hydrogen-bond donors (Lipinski definition) is 0. The fourth-order valence-electron chi connectivity index (χ4n) is 5.52. The summed E-state index contributed by atoms with van der Waals surface area (Å²) in [5.74, 6) is 1.53. The third-order valence-electron chi connectivity index (χ3n) is 6.65. The van der Waals surface area contributed by atoms with Gasteiger partial charge in [-0.15, -0.1) is 24.8 Å². The smallest absolute Gasteiger partial charge is 0.147 e. The topological polar surface area (TPSA) is 0 Å². The van der Waals surface area contributed by atoms with Crippen molar-refractivity contribution >= 4 is 31.7 Å². The van der Waals surface area contributed by atoms with E-state index < -0.39 is 17.4 Å². The Bertz CT molecular complexity index is 728. The molecule has 0 saturated heterocycles. The Morgan fingerprint density at radius 3 is 1.37 bits per heavy atom. The first-order valence-corrected chi connectivity index (χ1v) is 25.2. The van der Waals surface area contributed by atoms with E-state index in [1.165, 1.54) is 51.4 Å². The summed E-state index contributed by atoms with van der Waals surface area (Å²) in [6, 6.07) is 0. The quantitative estimate of drug-likeness (QED) is 0.238. The van der Waals surface area contributed by atoms with Crippen molar-refractivity contribution in [3.63, 3.8) is 0 Å². The Labute approximate surface area is 202 Å². The molecule has 0 aliphatic heterocycles. The van der Waals surface area contributed by atoms with Crippen LogP contribution in [-0.4, -0.2) is 6.88 Å². The van der Waals surface area contributed by atoms with Crippen LogP contribution in [0.15, 0.2) is 41.0 Å². The maximum absolute atomic E-state index is 3.12. The predicted octanol–water partition coefficient (Wildman–Crippen LogP) is 9.02. The van der Waals surface area contributed by atoms with Gasteiger partial charge in [-0.25, -0.2) is 0 Å². The molecule has 0 aromatic carbocycles. The molecule has 0 spiro atoms. The van der Waals surface area contributed by atoms with Crippen LogP contribution in [0.1, 0.15) is 92.9 Å². The van der Waals surface area contributed by atoms with Gasteiger partial charge in [0.15, 0.2) is 0 Å². The summed E-state index contributed by atoms with van der Waals surface area (Å²) in [6.07, 6.45) is 15.5. The summed E-state index contributed by atoms with van der Waals surface area (Å²) < 4.78 is 9.38. The predicted molar refractivity (Wildman–Crippen MR) is 143 cm³/mol. The summed E-state index contributed by atoms with van der Waals surface area (Å²) in [4.78, 5) is 0. The Hall–Kier alpha value is 0.640. The molecule has 30 heavy (non-hydrogen) atoms. The van der Waals surface area contributed by atoms with Crippen molar-refractivity contribution in [2.45, 2.75) is 102 Å². The number of hydrogen-bond acceptors (Lipinski definition) is 0. The molecule has 0 radical (unpaired) electrons. The number of halogens is 2. The van der Waals surface area contributed by atoms with Gasteiger partial charge in [0.2, 0.25) is 0 Å². The normalized spacial score (nSPS) is 17.4. The van der Waals surface area contributed by atoms with Gasteiger partial charge >= 0.3 is 179 Å². The molecule has 174 valence electrons. The van der Waals surface area contributed by atoms with Gasteiger partial charge in [0.1, 0.15) is 0 Å². The Morgan fingerprint density at radius 1 is 0.767 bits per heavy atom. The summed E-state index contributed by atoms with van der Waals surface area (Å²) in [5.41, 5.74) is 6.92. The molecule has 2 aliphatic carbocycles. The van der Waals surface area contributed by atoms with Gasteiger partial charge in [-0.2, -0.15) is 0 Å². The molecular weight excluding hydrogens is 503 g/mol. The van der Waals surface area contributed by atoms with Gasteiger partial charge in [-0.05, 0) is 0 Å². The average molecular weight is 551 g/mol. The molecule has 0 heterocycles. The molecular formula is C26H48Cl2SiZr. The molecule has 0 aromatic heterocycles. The molecule has 0 amide bonds. The van der Waals surface area contributed by atoms with E-state index in [1.807, 2.05) is 6.56 Å². The van der Waals surface area contributed by atoms with E-state index in [9.17, 15) is 0 Å². The van der Waals surface area contributed by atoms with Crippen molar-refractivity contribution < 1.29 is 17.4 Å². The molecule has 0 aromatic rings. The van der Waals surface area contributed by atoms with Crippen molar-refractivity contribution in [3.8, 4) is 0 Å². The molecule has 0 N–H and O–H groups in total. The Morgan fingerprint density at radius 2 is 1.10 bits per heavy atom. The first kappa shape index (κ1) is 30.6. The minimum absolute atomic E-state index is 0. The average Bonchev–Trinajstić information content (AvgIpc) is 3.12. The van der Waals surface area contributed by atoms with E-state index in [0.717, 1.165) is 11.8 Å². The van der Waals surface area contributed by atoms with Crippen LogP contribution in [0, 0.1) is 11.8 Å². The second kappa shape index (κ2) is 12.2. The summed E-state index contributed by atoms with van der Waals surface area (Å²) in [6.45, 7) is 16.7. The van der Waals surface area contributed by atoms with Crippen LogP contribution in [0.5, 0.6) is 0 Å². The maximum atomic E-state index is 2.76. The summed E-state index contributed by atoms with van der Waals surface area (Å²) in [7, 11) is 0. The molecule has 0 unspecified atom stereocenters. The zero-order valence-corrected chi connectivity index (χ0v) is 26.5. The molecule has 2 aliphatic rings. The minimum atomic E-state index is -3.12. The molecule has 4 heteroatoms. The zero-order chi connectivity index (χ0) is 21.1. The fraction of sp³-hybridized carbons (Fsp3) is 0.692. The number of rotatable bonds is 10. The first-order valence-electron chi connectivity index (χ1n) is 11.9. The molecule has 0 nitrogen and oxygen atoms in total. The van der Waals surface area contributed by atoms with Crippen LogP contribution in [-0.2, 0) is 17.4 Å². The van der Waals surface area contributed by atoms with E-state index >= 15 is 0 Å². The van der Waals surface area contributed by atoms with E-state index in [-0.39, 0.29) is 24.8 Å². The summed E-state index contributed by atoms with van der Waals surface area (Å²) in [5, 5.41) is 0. The monoisotopic (exact) mass is 548 g/mol. The second-order valence-electron chi connectivity index (χ2n) is 11.3. The van der Waals surface area contributed by atoms with Crippen molar-refractivity contribution in [1.29, 1.82) is 0 Å². The van der Waals surface area contributed by atoms with Crippen molar-refractivity contribution in [3.05, 3.63) is 41.0 Å². The van der Waals surface area contributed by atoms with Crippen LogP contribution < -0.4 is 0 Å². The SMILES string of the molecule is CCCC1=[C]([Zr]([CH3])([CH3])(=[SiH2])[C]2=C(CCC)C=C(CC(C)C)C2)CC(CC(C)C)=C1.Cl.Cl. The van der Waals surface area contributed by atoms with E-state index in [4.69, 9.17) is 0 Å². The largest absolute Gasteiger partial charge is 0.147 e. The number of allylic oxidation sites excluding steroid dienone is 8.